The van der Waals surface area contributed by atoms with Crippen molar-refractivity contribution in [3.05, 3.63) is 60.2 Å². The molecule has 3 heterocycles. The van der Waals surface area contributed by atoms with E-state index in [0.717, 1.165) is 68.1 Å². The lowest BCUT2D eigenvalue weighted by molar-refractivity contribution is 0.169. The number of hydrogen-bond donors (Lipinski definition) is 1. The van der Waals surface area contributed by atoms with Gasteiger partial charge in [-0.05, 0) is 37.3 Å². The van der Waals surface area contributed by atoms with E-state index >= 15 is 0 Å². The number of aliphatic imine (C=N–C) groups is 1. The van der Waals surface area contributed by atoms with Crippen LogP contribution in [0.2, 0.25) is 0 Å². The Hall–Kier alpha value is -3.33. The summed E-state index contributed by atoms with van der Waals surface area (Å²) in [7, 11) is 1.66. The Morgan fingerprint density at radius 3 is 2.58 bits per heavy atom. The van der Waals surface area contributed by atoms with Crippen molar-refractivity contribution < 1.29 is 9.26 Å². The lowest BCUT2D eigenvalue weighted by Gasteiger charge is -2.36. The van der Waals surface area contributed by atoms with Crippen LogP contribution in [0.3, 0.4) is 0 Å². The number of nitrogens with one attached hydrogen (secondary N) is 1. The van der Waals surface area contributed by atoms with Crippen LogP contribution in [0.15, 0.2) is 58.4 Å². The molecule has 1 saturated heterocycles. The van der Waals surface area contributed by atoms with Gasteiger partial charge in [0.1, 0.15) is 12.0 Å². The first-order valence-electron chi connectivity index (χ1n) is 10.6. The molecule has 1 fully saturated rings. The first kappa shape index (κ1) is 20.9. The number of nitrogens with zero attached hydrogens (tertiary/aromatic N) is 6. The lowest BCUT2D eigenvalue weighted by atomic mass is 10.3. The molecule has 31 heavy (non-hydrogen) atoms. The zero-order valence-electron chi connectivity index (χ0n) is 18.1. The van der Waals surface area contributed by atoms with Gasteiger partial charge < -0.3 is 19.5 Å². The van der Waals surface area contributed by atoms with Crippen molar-refractivity contribution in [3.8, 4) is 11.4 Å². The molecular formula is C22H29N7O2. The summed E-state index contributed by atoms with van der Waals surface area (Å²) >= 11 is 0. The van der Waals surface area contributed by atoms with Crippen molar-refractivity contribution in [3.63, 3.8) is 0 Å². The molecule has 1 N–H and O–H groups in total. The van der Waals surface area contributed by atoms with Crippen molar-refractivity contribution in [2.75, 3.05) is 39.8 Å². The van der Waals surface area contributed by atoms with Gasteiger partial charge in [-0.2, -0.15) is 5.10 Å². The second-order valence-electron chi connectivity index (χ2n) is 7.37. The largest absolute Gasteiger partial charge is 0.497 e. The van der Waals surface area contributed by atoms with E-state index in [9.17, 15) is 0 Å². The number of rotatable bonds is 7. The smallest absolute Gasteiger partial charge is 0.194 e. The molecule has 1 aliphatic heterocycles. The van der Waals surface area contributed by atoms with Crippen LogP contribution in [-0.4, -0.2) is 70.5 Å². The van der Waals surface area contributed by atoms with E-state index in [-0.39, 0.29) is 0 Å². The third kappa shape index (κ3) is 5.43. The predicted molar refractivity (Wildman–Crippen MR) is 118 cm³/mol. The summed E-state index contributed by atoms with van der Waals surface area (Å²) in [4.78, 5) is 9.52. The molecule has 1 aromatic carbocycles. The maximum atomic E-state index is 5.22. The average molecular weight is 424 g/mol. The van der Waals surface area contributed by atoms with Crippen LogP contribution in [0.4, 0.5) is 0 Å². The minimum absolute atomic E-state index is 0.532. The van der Waals surface area contributed by atoms with Crippen molar-refractivity contribution >= 4 is 5.96 Å². The second-order valence-corrected chi connectivity index (χ2v) is 7.37. The molecule has 2 aromatic heterocycles. The number of methoxy groups -OCH3 is 1. The predicted octanol–water partition coefficient (Wildman–Crippen LogP) is 2.15. The van der Waals surface area contributed by atoms with Crippen LogP contribution >= 0.6 is 0 Å². The summed E-state index contributed by atoms with van der Waals surface area (Å²) in [5, 5.41) is 12.1. The minimum Gasteiger partial charge on any atom is -0.497 e. The Labute approximate surface area is 182 Å². The van der Waals surface area contributed by atoms with E-state index in [4.69, 9.17) is 14.3 Å². The minimum atomic E-state index is 0.532. The molecule has 9 nitrogen and oxygen atoms in total. The third-order valence-electron chi connectivity index (χ3n) is 5.26. The molecule has 9 heteroatoms. The van der Waals surface area contributed by atoms with E-state index in [1.807, 2.05) is 47.3 Å². The fraction of sp³-hybridized carbons (Fsp3) is 0.409. The van der Waals surface area contributed by atoms with Crippen molar-refractivity contribution in [2.45, 2.75) is 20.0 Å². The summed E-state index contributed by atoms with van der Waals surface area (Å²) in [6, 6.07) is 11.8. The summed E-state index contributed by atoms with van der Waals surface area (Å²) in [5.41, 5.74) is 2.89. The van der Waals surface area contributed by atoms with Gasteiger partial charge >= 0.3 is 0 Å². The first-order chi connectivity index (χ1) is 15.2. The molecule has 0 saturated carbocycles. The monoisotopic (exact) mass is 423 g/mol. The standard InChI is InChI=1S/C22H29N7O2/c1-3-23-22(28-13-11-27(12-14-28)17-19-9-15-31-26-19)24-16-18-8-10-29(25-18)20-4-6-21(30-2)7-5-20/h4-10,15H,3,11-14,16-17H2,1-2H3,(H,23,24). The van der Waals surface area contributed by atoms with Gasteiger partial charge in [0, 0.05) is 51.5 Å². The molecule has 0 unspecified atom stereocenters. The molecule has 0 amide bonds. The molecule has 0 aliphatic carbocycles. The number of hydrogen-bond acceptors (Lipinski definition) is 6. The molecule has 1 aliphatic rings. The van der Waals surface area contributed by atoms with Gasteiger partial charge in [-0.1, -0.05) is 5.16 Å². The van der Waals surface area contributed by atoms with Crippen LogP contribution in [0.1, 0.15) is 18.3 Å². The highest BCUT2D eigenvalue weighted by Gasteiger charge is 2.20. The molecule has 4 rings (SSSR count). The lowest BCUT2D eigenvalue weighted by Crippen LogP contribution is -2.52. The van der Waals surface area contributed by atoms with E-state index in [0.29, 0.717) is 6.54 Å². The Kier molecular flexibility index (Phi) is 6.83. The molecule has 0 spiro atoms. The molecule has 0 radical (unpaired) electrons. The third-order valence-corrected chi connectivity index (χ3v) is 5.26. The molecule has 0 bridgehead atoms. The van der Waals surface area contributed by atoms with Gasteiger partial charge in [0.2, 0.25) is 0 Å². The van der Waals surface area contributed by atoms with Gasteiger partial charge in [-0.15, -0.1) is 0 Å². The average Bonchev–Trinajstić information content (AvgIpc) is 3.50. The normalized spacial score (nSPS) is 15.3. The van der Waals surface area contributed by atoms with Crippen LogP contribution in [0, 0.1) is 0 Å². The van der Waals surface area contributed by atoms with Gasteiger partial charge in [0.25, 0.3) is 0 Å². The second kappa shape index (κ2) is 10.1. The van der Waals surface area contributed by atoms with Gasteiger partial charge in [0.05, 0.1) is 30.7 Å². The van der Waals surface area contributed by atoms with Crippen molar-refractivity contribution in [2.24, 2.45) is 4.99 Å². The fourth-order valence-corrected chi connectivity index (χ4v) is 3.57. The summed E-state index contributed by atoms with van der Waals surface area (Å²) in [6.07, 6.45) is 3.58. The Balaban J connectivity index is 1.35. The maximum absolute atomic E-state index is 5.22. The number of piperazine rings is 1. The quantitative estimate of drug-likeness (QED) is 0.460. The molecular weight excluding hydrogens is 394 g/mol. The van der Waals surface area contributed by atoms with Crippen LogP contribution in [-0.2, 0) is 13.1 Å². The van der Waals surface area contributed by atoms with Crippen LogP contribution in [0.5, 0.6) is 5.75 Å². The number of benzene rings is 1. The highest BCUT2D eigenvalue weighted by atomic mass is 16.5. The Bertz CT molecular complexity index is 958. The molecule has 164 valence electrons. The Morgan fingerprint density at radius 2 is 1.90 bits per heavy atom. The van der Waals surface area contributed by atoms with Crippen molar-refractivity contribution in [1.29, 1.82) is 0 Å². The summed E-state index contributed by atoms with van der Waals surface area (Å²) in [6.45, 7) is 8.04. The number of ether oxygens (including phenoxy) is 1. The fourth-order valence-electron chi connectivity index (χ4n) is 3.57. The Morgan fingerprint density at radius 1 is 1.10 bits per heavy atom. The first-order valence-corrected chi connectivity index (χ1v) is 10.6. The summed E-state index contributed by atoms with van der Waals surface area (Å²) < 4.78 is 12.0. The van der Waals surface area contributed by atoms with E-state index < -0.39 is 0 Å². The number of aromatic nitrogens is 3. The van der Waals surface area contributed by atoms with E-state index in [1.54, 1.807) is 13.4 Å². The van der Waals surface area contributed by atoms with Crippen molar-refractivity contribution in [1.82, 2.24) is 30.1 Å². The van der Waals surface area contributed by atoms with Gasteiger partial charge in [-0.25, -0.2) is 9.67 Å². The highest BCUT2D eigenvalue weighted by Crippen LogP contribution is 2.15. The van der Waals surface area contributed by atoms with E-state index in [1.165, 1.54) is 0 Å². The van der Waals surface area contributed by atoms with Crippen LogP contribution in [0.25, 0.3) is 5.69 Å². The zero-order chi connectivity index (χ0) is 21.5. The summed E-state index contributed by atoms with van der Waals surface area (Å²) in [5.74, 6) is 1.76. The molecule has 3 aromatic rings. The SMILES string of the molecule is CCNC(=NCc1ccn(-c2ccc(OC)cc2)n1)N1CCN(Cc2ccon2)CC1. The van der Waals surface area contributed by atoms with Crippen LogP contribution < -0.4 is 10.1 Å². The zero-order valence-corrected chi connectivity index (χ0v) is 18.1. The highest BCUT2D eigenvalue weighted by molar-refractivity contribution is 5.80. The maximum Gasteiger partial charge on any atom is 0.194 e. The van der Waals surface area contributed by atoms with Gasteiger partial charge in [-0.3, -0.25) is 4.90 Å². The topological polar surface area (TPSA) is 84.0 Å². The van der Waals surface area contributed by atoms with Gasteiger partial charge in [0.15, 0.2) is 5.96 Å². The number of guanidine groups is 1. The van der Waals surface area contributed by atoms with E-state index in [2.05, 4.69) is 32.3 Å². The molecule has 0 atom stereocenters.